The van der Waals surface area contributed by atoms with Crippen molar-refractivity contribution in [2.45, 2.75) is 12.8 Å². The summed E-state index contributed by atoms with van der Waals surface area (Å²) in [5, 5.41) is 16.6. The number of hydrogen-bond donors (Lipinski definition) is 3. The van der Waals surface area contributed by atoms with Crippen LogP contribution in [-0.4, -0.2) is 34.5 Å². The topological polar surface area (TPSA) is 118 Å². The molecule has 0 spiro atoms. The largest absolute Gasteiger partial charge is 0.481 e. The van der Waals surface area contributed by atoms with Crippen molar-refractivity contribution in [3.05, 3.63) is 71.3 Å². The van der Waals surface area contributed by atoms with Gasteiger partial charge in [-0.05, 0) is 18.6 Å². The van der Waals surface area contributed by atoms with Crippen molar-refractivity contribution in [2.24, 2.45) is 5.73 Å². The minimum absolute atomic E-state index is 0.0972. The van der Waals surface area contributed by atoms with Gasteiger partial charge in [0.1, 0.15) is 0 Å². The molecule has 2 aromatic carbocycles. The van der Waals surface area contributed by atoms with Crippen LogP contribution in [0, 0.1) is 0 Å². The van der Waals surface area contributed by atoms with Crippen molar-refractivity contribution >= 4 is 17.7 Å². The second-order valence-electron chi connectivity index (χ2n) is 4.98. The lowest BCUT2D eigenvalue weighted by molar-refractivity contribution is -0.138. The lowest BCUT2D eigenvalue weighted by Crippen LogP contribution is -2.10. The standard InChI is InChI=1S/C16H14O3.C2H5NO2/c1-11(16(18)19)13-8-5-9-14(10-13)15(17)12-6-3-2-4-7-12;3-1-2(4)5/h2-11H,1H3,(H,18,19);1,3H2,(H,4,5)/t11-;/m1./s1. The van der Waals surface area contributed by atoms with E-state index >= 15 is 0 Å². The highest BCUT2D eigenvalue weighted by Crippen LogP contribution is 2.18. The van der Waals surface area contributed by atoms with Crippen molar-refractivity contribution in [1.29, 1.82) is 0 Å². The summed E-state index contributed by atoms with van der Waals surface area (Å²) >= 11 is 0. The van der Waals surface area contributed by atoms with Crippen LogP contribution in [0.5, 0.6) is 0 Å². The van der Waals surface area contributed by atoms with Gasteiger partial charge in [0.15, 0.2) is 5.78 Å². The van der Waals surface area contributed by atoms with Crippen molar-refractivity contribution in [3.63, 3.8) is 0 Å². The summed E-state index contributed by atoms with van der Waals surface area (Å²) in [5.41, 5.74) is 6.32. The third kappa shape index (κ3) is 5.66. The second-order valence-corrected chi connectivity index (χ2v) is 4.98. The fourth-order valence-corrected chi connectivity index (χ4v) is 1.85. The fraction of sp³-hybridized carbons (Fsp3) is 0.167. The quantitative estimate of drug-likeness (QED) is 0.723. The predicted octanol–water partition coefficient (Wildman–Crippen LogP) is 2.14. The van der Waals surface area contributed by atoms with Gasteiger partial charge in [-0.2, -0.15) is 0 Å². The zero-order chi connectivity index (χ0) is 18.1. The summed E-state index contributed by atoms with van der Waals surface area (Å²) in [5.74, 6) is -2.59. The maximum absolute atomic E-state index is 12.2. The van der Waals surface area contributed by atoms with Gasteiger partial charge in [0, 0.05) is 11.1 Å². The molecule has 2 aromatic rings. The van der Waals surface area contributed by atoms with Gasteiger partial charge >= 0.3 is 11.9 Å². The lowest BCUT2D eigenvalue weighted by atomic mass is 9.96. The fourth-order valence-electron chi connectivity index (χ4n) is 1.85. The van der Waals surface area contributed by atoms with Crippen molar-refractivity contribution in [2.75, 3.05) is 6.54 Å². The molecule has 1 atom stereocenters. The molecule has 24 heavy (non-hydrogen) atoms. The molecule has 0 amide bonds. The van der Waals surface area contributed by atoms with E-state index in [0.717, 1.165) is 0 Å². The van der Waals surface area contributed by atoms with Gasteiger partial charge < -0.3 is 15.9 Å². The van der Waals surface area contributed by atoms with Gasteiger partial charge in [-0.15, -0.1) is 0 Å². The smallest absolute Gasteiger partial charge is 0.317 e. The molecular formula is C18H19NO5. The number of carboxylic acid groups (broad SMARTS) is 2. The molecule has 2 rings (SSSR count). The molecule has 6 nitrogen and oxygen atoms in total. The first kappa shape index (κ1) is 19.1. The van der Waals surface area contributed by atoms with Gasteiger partial charge in [0.25, 0.3) is 0 Å². The number of carbonyl (C=O) groups excluding carboxylic acids is 1. The first-order chi connectivity index (χ1) is 11.4. The Bertz CT molecular complexity index is 712. The van der Waals surface area contributed by atoms with Crippen LogP contribution in [0.4, 0.5) is 0 Å². The van der Waals surface area contributed by atoms with Crippen LogP contribution in [0.1, 0.15) is 34.3 Å². The Morgan fingerprint density at radius 1 is 0.958 bits per heavy atom. The van der Waals surface area contributed by atoms with E-state index in [1.54, 1.807) is 55.5 Å². The molecular weight excluding hydrogens is 310 g/mol. The van der Waals surface area contributed by atoms with E-state index in [2.05, 4.69) is 5.73 Å². The van der Waals surface area contributed by atoms with E-state index in [9.17, 15) is 14.4 Å². The Kier molecular flexibility index (Phi) is 7.32. The second kappa shape index (κ2) is 9.22. The Labute approximate surface area is 139 Å². The molecule has 0 radical (unpaired) electrons. The van der Waals surface area contributed by atoms with E-state index < -0.39 is 17.9 Å². The van der Waals surface area contributed by atoms with E-state index in [0.29, 0.717) is 16.7 Å². The van der Waals surface area contributed by atoms with Crippen molar-refractivity contribution in [3.8, 4) is 0 Å². The Morgan fingerprint density at radius 3 is 2.00 bits per heavy atom. The molecule has 0 saturated carbocycles. The molecule has 4 N–H and O–H groups in total. The number of carboxylic acids is 2. The Morgan fingerprint density at radius 2 is 1.50 bits per heavy atom. The maximum atomic E-state index is 12.2. The van der Waals surface area contributed by atoms with Crippen LogP contribution in [0.15, 0.2) is 54.6 Å². The van der Waals surface area contributed by atoms with E-state index in [4.69, 9.17) is 10.2 Å². The number of ketones is 1. The van der Waals surface area contributed by atoms with Crippen LogP contribution < -0.4 is 5.73 Å². The number of aliphatic carboxylic acids is 2. The van der Waals surface area contributed by atoms with Gasteiger partial charge in [-0.25, -0.2) is 0 Å². The maximum Gasteiger partial charge on any atom is 0.317 e. The molecule has 126 valence electrons. The van der Waals surface area contributed by atoms with Gasteiger partial charge in [0.05, 0.1) is 12.5 Å². The first-order valence-electron chi connectivity index (χ1n) is 7.21. The summed E-state index contributed by atoms with van der Waals surface area (Å²) in [6.07, 6.45) is 0. The molecule has 0 saturated heterocycles. The molecule has 0 aliphatic carbocycles. The summed E-state index contributed by atoms with van der Waals surface area (Å²) in [4.78, 5) is 32.5. The van der Waals surface area contributed by atoms with Crippen LogP contribution >= 0.6 is 0 Å². The minimum Gasteiger partial charge on any atom is -0.481 e. The lowest BCUT2D eigenvalue weighted by Gasteiger charge is -2.08. The van der Waals surface area contributed by atoms with Gasteiger partial charge in [0.2, 0.25) is 0 Å². The molecule has 0 fully saturated rings. The molecule has 0 heterocycles. The van der Waals surface area contributed by atoms with Crippen LogP contribution in [0.2, 0.25) is 0 Å². The summed E-state index contributed by atoms with van der Waals surface area (Å²) in [6.45, 7) is 1.33. The zero-order valence-corrected chi connectivity index (χ0v) is 13.2. The Hall–Kier alpha value is -2.99. The number of rotatable bonds is 5. The van der Waals surface area contributed by atoms with Crippen LogP contribution in [0.25, 0.3) is 0 Å². The molecule has 6 heteroatoms. The predicted molar refractivity (Wildman–Crippen MR) is 89.1 cm³/mol. The summed E-state index contributed by atoms with van der Waals surface area (Å²) < 4.78 is 0. The monoisotopic (exact) mass is 329 g/mol. The van der Waals surface area contributed by atoms with Crippen LogP contribution in [0.3, 0.4) is 0 Å². The third-order valence-corrected chi connectivity index (χ3v) is 3.23. The number of benzene rings is 2. The Balaban J connectivity index is 0.000000505. The average molecular weight is 329 g/mol. The molecule has 0 aromatic heterocycles. The third-order valence-electron chi connectivity index (χ3n) is 3.23. The number of nitrogens with two attached hydrogens (primary N) is 1. The van der Waals surface area contributed by atoms with Crippen LogP contribution in [-0.2, 0) is 9.59 Å². The summed E-state index contributed by atoms with van der Waals surface area (Å²) in [6, 6.07) is 15.7. The highest BCUT2D eigenvalue weighted by Gasteiger charge is 2.16. The highest BCUT2D eigenvalue weighted by molar-refractivity contribution is 6.09. The SMILES string of the molecule is C[C@@H](C(=O)O)c1cccc(C(=O)c2ccccc2)c1.NCC(=O)O. The van der Waals surface area contributed by atoms with E-state index in [1.165, 1.54) is 0 Å². The normalized spacial score (nSPS) is 10.9. The van der Waals surface area contributed by atoms with Crippen molar-refractivity contribution < 1.29 is 24.6 Å². The van der Waals surface area contributed by atoms with E-state index in [1.807, 2.05) is 6.07 Å². The number of hydrogen-bond acceptors (Lipinski definition) is 4. The molecule has 0 aliphatic rings. The number of carbonyl (C=O) groups is 3. The molecule has 0 unspecified atom stereocenters. The molecule has 0 aliphatic heterocycles. The zero-order valence-electron chi connectivity index (χ0n) is 13.2. The highest BCUT2D eigenvalue weighted by atomic mass is 16.4. The van der Waals surface area contributed by atoms with E-state index in [-0.39, 0.29) is 12.3 Å². The molecule has 0 bridgehead atoms. The average Bonchev–Trinajstić information content (AvgIpc) is 2.61. The van der Waals surface area contributed by atoms with Gasteiger partial charge in [-0.3, -0.25) is 14.4 Å². The minimum atomic E-state index is -0.968. The first-order valence-corrected chi connectivity index (χ1v) is 7.21. The van der Waals surface area contributed by atoms with Crippen molar-refractivity contribution in [1.82, 2.24) is 0 Å². The summed E-state index contributed by atoms with van der Waals surface area (Å²) in [7, 11) is 0. The van der Waals surface area contributed by atoms with Gasteiger partial charge in [-0.1, -0.05) is 48.5 Å².